The van der Waals surface area contributed by atoms with Crippen molar-refractivity contribution in [3.8, 4) is 5.75 Å². The molecule has 0 radical (unpaired) electrons. The van der Waals surface area contributed by atoms with Gasteiger partial charge in [0.25, 0.3) is 5.91 Å². The fraction of sp³-hybridized carbons (Fsp3) is 0.417. The van der Waals surface area contributed by atoms with Crippen LogP contribution in [-0.2, 0) is 16.1 Å². The van der Waals surface area contributed by atoms with Crippen LogP contribution in [0.3, 0.4) is 0 Å². The summed E-state index contributed by atoms with van der Waals surface area (Å²) >= 11 is 12.2. The summed E-state index contributed by atoms with van der Waals surface area (Å²) in [5.74, 6) is 0.109. The fourth-order valence-electron chi connectivity index (χ4n) is 3.14. The zero-order valence-corrected chi connectivity index (χ0v) is 20.2. The molecule has 1 atom stereocenters. The van der Waals surface area contributed by atoms with Crippen molar-refractivity contribution >= 4 is 35.0 Å². The number of benzene rings is 2. The summed E-state index contributed by atoms with van der Waals surface area (Å²) in [4.78, 5) is 27.7. The number of amides is 2. The van der Waals surface area contributed by atoms with Crippen LogP contribution in [0.2, 0.25) is 10.0 Å². The number of ether oxygens (including phenoxy) is 1. The first-order valence-electron chi connectivity index (χ1n) is 10.2. The second-order valence-corrected chi connectivity index (χ2v) is 9.35. The van der Waals surface area contributed by atoms with Gasteiger partial charge >= 0.3 is 0 Å². The Morgan fingerprint density at radius 2 is 1.81 bits per heavy atom. The molecule has 5 nitrogen and oxygen atoms in total. The summed E-state index contributed by atoms with van der Waals surface area (Å²) in [5.41, 5.74) is 1.40. The molecule has 0 unspecified atom stereocenters. The van der Waals surface area contributed by atoms with E-state index in [1.165, 1.54) is 4.90 Å². The topological polar surface area (TPSA) is 58.6 Å². The highest BCUT2D eigenvalue weighted by atomic mass is 35.5. The molecule has 7 heteroatoms. The number of carbonyl (C=O) groups excluding carboxylic acids is 2. The van der Waals surface area contributed by atoms with Crippen molar-refractivity contribution in [3.63, 3.8) is 0 Å². The van der Waals surface area contributed by atoms with Gasteiger partial charge in [-0.1, -0.05) is 48.3 Å². The Labute approximate surface area is 194 Å². The van der Waals surface area contributed by atoms with Gasteiger partial charge in [-0.2, -0.15) is 0 Å². The number of halogens is 2. The summed E-state index contributed by atoms with van der Waals surface area (Å²) < 4.78 is 5.72. The molecule has 1 N–H and O–H groups in total. The highest BCUT2D eigenvalue weighted by molar-refractivity contribution is 6.42. The summed E-state index contributed by atoms with van der Waals surface area (Å²) in [6.07, 6.45) is 0.458. The van der Waals surface area contributed by atoms with Gasteiger partial charge in [0.1, 0.15) is 11.8 Å². The maximum Gasteiger partial charge on any atom is 0.261 e. The van der Waals surface area contributed by atoms with Gasteiger partial charge in [0.05, 0.1) is 10.0 Å². The van der Waals surface area contributed by atoms with Gasteiger partial charge < -0.3 is 15.0 Å². The minimum Gasteiger partial charge on any atom is -0.484 e. The van der Waals surface area contributed by atoms with Crippen LogP contribution < -0.4 is 10.1 Å². The number of nitrogens with zero attached hydrogens (tertiary/aromatic N) is 1. The van der Waals surface area contributed by atoms with E-state index in [0.717, 1.165) is 11.1 Å². The lowest BCUT2D eigenvalue weighted by Crippen LogP contribution is -2.54. The molecule has 0 heterocycles. The van der Waals surface area contributed by atoms with Crippen LogP contribution in [0.5, 0.6) is 5.75 Å². The number of nitrogens with one attached hydrogen (secondary N) is 1. The van der Waals surface area contributed by atoms with Gasteiger partial charge in [-0.05, 0) is 69.5 Å². The normalized spacial score (nSPS) is 12.2. The summed E-state index contributed by atoms with van der Waals surface area (Å²) in [6.45, 7) is 9.59. The van der Waals surface area contributed by atoms with E-state index in [4.69, 9.17) is 27.9 Å². The van der Waals surface area contributed by atoms with E-state index in [1.54, 1.807) is 24.3 Å². The van der Waals surface area contributed by atoms with E-state index in [-0.39, 0.29) is 25.0 Å². The molecule has 0 aliphatic heterocycles. The van der Waals surface area contributed by atoms with Crippen LogP contribution in [0.15, 0.2) is 42.5 Å². The Hall–Kier alpha value is -2.24. The molecule has 0 fully saturated rings. The molecule has 2 aromatic carbocycles. The van der Waals surface area contributed by atoms with Crippen molar-refractivity contribution < 1.29 is 14.3 Å². The smallest absolute Gasteiger partial charge is 0.261 e. The van der Waals surface area contributed by atoms with E-state index < -0.39 is 11.6 Å². The Morgan fingerprint density at radius 3 is 2.39 bits per heavy atom. The van der Waals surface area contributed by atoms with Crippen molar-refractivity contribution in [2.24, 2.45) is 0 Å². The molecule has 2 amide bonds. The molecule has 0 aliphatic rings. The van der Waals surface area contributed by atoms with Gasteiger partial charge in [-0.25, -0.2) is 0 Å². The number of hydrogen-bond donors (Lipinski definition) is 1. The maximum atomic E-state index is 13.2. The van der Waals surface area contributed by atoms with Crippen LogP contribution in [0.4, 0.5) is 0 Å². The highest BCUT2D eigenvalue weighted by Gasteiger charge is 2.31. The van der Waals surface area contributed by atoms with Gasteiger partial charge in [0.2, 0.25) is 5.91 Å². The third-order valence-electron chi connectivity index (χ3n) is 4.57. The van der Waals surface area contributed by atoms with Crippen molar-refractivity contribution in [2.75, 3.05) is 6.61 Å². The van der Waals surface area contributed by atoms with E-state index in [2.05, 4.69) is 5.32 Å². The first kappa shape index (κ1) is 25.0. The van der Waals surface area contributed by atoms with Crippen molar-refractivity contribution in [3.05, 3.63) is 63.6 Å². The molecule has 31 heavy (non-hydrogen) atoms. The Kier molecular flexibility index (Phi) is 8.78. The van der Waals surface area contributed by atoms with Crippen molar-refractivity contribution in [2.45, 2.75) is 59.2 Å². The summed E-state index contributed by atoms with van der Waals surface area (Å²) in [5, 5.41) is 3.80. The van der Waals surface area contributed by atoms with Crippen LogP contribution in [0, 0.1) is 6.92 Å². The molecular formula is C24H30Cl2N2O3. The van der Waals surface area contributed by atoms with Gasteiger partial charge in [0, 0.05) is 12.1 Å². The molecule has 0 spiro atoms. The second-order valence-electron chi connectivity index (χ2n) is 8.54. The predicted molar refractivity (Wildman–Crippen MR) is 126 cm³/mol. The number of hydrogen-bond acceptors (Lipinski definition) is 3. The molecule has 0 bridgehead atoms. The number of aryl methyl sites for hydroxylation is 1. The van der Waals surface area contributed by atoms with Crippen molar-refractivity contribution in [1.29, 1.82) is 0 Å². The van der Waals surface area contributed by atoms with Gasteiger partial charge in [-0.3, -0.25) is 9.59 Å². The minimum absolute atomic E-state index is 0.177. The summed E-state index contributed by atoms with van der Waals surface area (Å²) in [7, 11) is 0. The fourth-order valence-corrected chi connectivity index (χ4v) is 3.46. The SMILES string of the molecule is CC[C@H](C(=O)NC(C)(C)C)N(Cc1ccc(Cl)c(Cl)c1)C(=O)COc1cccc(C)c1. The number of carbonyl (C=O) groups is 2. The van der Waals surface area contributed by atoms with E-state index >= 15 is 0 Å². The van der Waals surface area contributed by atoms with Crippen LogP contribution in [0.25, 0.3) is 0 Å². The lowest BCUT2D eigenvalue weighted by Gasteiger charge is -2.33. The van der Waals surface area contributed by atoms with Crippen molar-refractivity contribution in [1.82, 2.24) is 10.2 Å². The first-order chi connectivity index (χ1) is 14.5. The zero-order chi connectivity index (χ0) is 23.2. The van der Waals surface area contributed by atoms with Crippen LogP contribution in [0.1, 0.15) is 45.2 Å². The average molecular weight is 465 g/mol. The van der Waals surface area contributed by atoms with E-state index in [9.17, 15) is 9.59 Å². The number of rotatable bonds is 8. The lowest BCUT2D eigenvalue weighted by atomic mass is 10.1. The average Bonchev–Trinajstić information content (AvgIpc) is 2.67. The predicted octanol–water partition coefficient (Wildman–Crippen LogP) is 5.40. The van der Waals surface area contributed by atoms with Crippen LogP contribution >= 0.6 is 23.2 Å². The minimum atomic E-state index is -0.651. The molecule has 0 saturated carbocycles. The largest absolute Gasteiger partial charge is 0.484 e. The lowest BCUT2D eigenvalue weighted by molar-refractivity contribution is -0.143. The molecule has 2 aromatic rings. The Morgan fingerprint density at radius 1 is 1.10 bits per heavy atom. The van der Waals surface area contributed by atoms with Gasteiger partial charge in [0.15, 0.2) is 6.61 Å². The third-order valence-corrected chi connectivity index (χ3v) is 5.31. The third kappa shape index (κ3) is 7.75. The van der Waals surface area contributed by atoms with Gasteiger partial charge in [-0.15, -0.1) is 0 Å². The molecule has 2 rings (SSSR count). The quantitative estimate of drug-likeness (QED) is 0.568. The van der Waals surface area contributed by atoms with E-state index in [0.29, 0.717) is 22.2 Å². The molecule has 0 saturated heterocycles. The Balaban J connectivity index is 2.27. The zero-order valence-electron chi connectivity index (χ0n) is 18.7. The highest BCUT2D eigenvalue weighted by Crippen LogP contribution is 2.24. The second kappa shape index (κ2) is 10.9. The Bertz CT molecular complexity index is 925. The molecule has 168 valence electrons. The maximum absolute atomic E-state index is 13.2. The summed E-state index contributed by atoms with van der Waals surface area (Å²) in [6, 6.07) is 12.0. The monoisotopic (exact) mass is 464 g/mol. The molecule has 0 aliphatic carbocycles. The van der Waals surface area contributed by atoms with E-state index in [1.807, 2.05) is 52.8 Å². The first-order valence-corrected chi connectivity index (χ1v) is 11.0. The van der Waals surface area contributed by atoms with Crippen LogP contribution in [-0.4, -0.2) is 34.9 Å². The molecule has 0 aromatic heterocycles. The standard InChI is InChI=1S/C24H30Cl2N2O3/c1-6-21(23(30)27-24(3,4)5)28(14-17-10-11-19(25)20(26)13-17)22(29)15-31-18-9-7-8-16(2)12-18/h7-13,21H,6,14-15H2,1-5H3,(H,27,30)/t21-/m1/s1. The molecular weight excluding hydrogens is 435 g/mol.